The molecule has 0 aliphatic rings. The number of aromatic amines is 1. The highest BCUT2D eigenvalue weighted by Gasteiger charge is 2.06. The molecule has 1 N–H and O–H groups in total. The fourth-order valence-corrected chi connectivity index (χ4v) is 2.91. The maximum absolute atomic E-state index is 11.1. The van der Waals surface area contributed by atoms with Gasteiger partial charge in [0, 0.05) is 29.9 Å². The molecule has 3 nitrogen and oxygen atoms in total. The number of aryl methyl sites for hydroxylation is 1. The molecule has 3 aromatic rings. The Balaban J connectivity index is 1.62. The molecule has 1 heterocycles. The molecule has 2 aromatic carbocycles. The van der Waals surface area contributed by atoms with Crippen LogP contribution in [0.15, 0.2) is 54.7 Å². The SMILES string of the molecule is CC(=O)CCCc1c[nH]c2ccc(OCCc3ccccc3)cc12. The zero-order valence-corrected chi connectivity index (χ0v) is 14.0. The van der Waals surface area contributed by atoms with E-state index in [0.717, 1.165) is 30.5 Å². The molecule has 0 aliphatic heterocycles. The first-order chi connectivity index (χ1) is 11.7. The molecule has 0 spiro atoms. The number of hydrogen-bond donors (Lipinski definition) is 1. The van der Waals surface area contributed by atoms with Crippen LogP contribution in [0.2, 0.25) is 0 Å². The smallest absolute Gasteiger partial charge is 0.129 e. The predicted molar refractivity (Wildman–Crippen MR) is 97.6 cm³/mol. The molecule has 0 fully saturated rings. The molecule has 124 valence electrons. The summed E-state index contributed by atoms with van der Waals surface area (Å²) >= 11 is 0. The van der Waals surface area contributed by atoms with Crippen LogP contribution in [-0.4, -0.2) is 17.4 Å². The summed E-state index contributed by atoms with van der Waals surface area (Å²) in [6, 6.07) is 16.5. The van der Waals surface area contributed by atoms with E-state index in [-0.39, 0.29) is 5.78 Å². The van der Waals surface area contributed by atoms with Crippen molar-refractivity contribution < 1.29 is 9.53 Å². The molecule has 1 aromatic heterocycles. The topological polar surface area (TPSA) is 42.1 Å². The molecular formula is C21H23NO2. The van der Waals surface area contributed by atoms with Crippen LogP contribution in [0.4, 0.5) is 0 Å². The quantitative estimate of drug-likeness (QED) is 0.653. The van der Waals surface area contributed by atoms with E-state index in [1.165, 1.54) is 16.5 Å². The van der Waals surface area contributed by atoms with Crippen molar-refractivity contribution in [2.75, 3.05) is 6.61 Å². The van der Waals surface area contributed by atoms with Crippen molar-refractivity contribution in [1.82, 2.24) is 4.98 Å². The van der Waals surface area contributed by atoms with Crippen LogP contribution in [0.25, 0.3) is 10.9 Å². The van der Waals surface area contributed by atoms with Gasteiger partial charge >= 0.3 is 0 Å². The fourth-order valence-electron chi connectivity index (χ4n) is 2.91. The van der Waals surface area contributed by atoms with Crippen LogP contribution in [0, 0.1) is 0 Å². The number of benzene rings is 2. The van der Waals surface area contributed by atoms with E-state index in [1.54, 1.807) is 6.92 Å². The molecule has 0 unspecified atom stereocenters. The average molecular weight is 321 g/mol. The van der Waals surface area contributed by atoms with Gasteiger partial charge in [-0.2, -0.15) is 0 Å². The summed E-state index contributed by atoms with van der Waals surface area (Å²) in [6.45, 7) is 2.31. The monoisotopic (exact) mass is 321 g/mol. The van der Waals surface area contributed by atoms with Gasteiger partial charge in [0.05, 0.1) is 6.61 Å². The van der Waals surface area contributed by atoms with Gasteiger partial charge in [0.15, 0.2) is 0 Å². The first kappa shape index (κ1) is 16.3. The number of aromatic nitrogens is 1. The van der Waals surface area contributed by atoms with Crippen molar-refractivity contribution in [1.29, 1.82) is 0 Å². The summed E-state index contributed by atoms with van der Waals surface area (Å²) in [5.41, 5.74) is 3.65. The average Bonchev–Trinajstić information content (AvgIpc) is 2.98. The van der Waals surface area contributed by atoms with Gasteiger partial charge in [-0.05, 0) is 49.1 Å². The highest BCUT2D eigenvalue weighted by molar-refractivity contribution is 5.84. The summed E-state index contributed by atoms with van der Waals surface area (Å²) in [6.07, 6.45) is 5.38. The zero-order valence-electron chi connectivity index (χ0n) is 14.0. The minimum atomic E-state index is 0.250. The molecule has 3 heteroatoms. The lowest BCUT2D eigenvalue weighted by atomic mass is 10.1. The summed E-state index contributed by atoms with van der Waals surface area (Å²) in [5.74, 6) is 1.14. The number of Topliss-reactive ketones (excluding diaryl/α,β-unsaturated/α-hetero) is 1. The number of ether oxygens (including phenoxy) is 1. The third kappa shape index (κ3) is 4.25. The summed E-state index contributed by atoms with van der Waals surface area (Å²) in [4.78, 5) is 14.4. The van der Waals surface area contributed by atoms with Gasteiger partial charge in [0.2, 0.25) is 0 Å². The zero-order chi connectivity index (χ0) is 16.8. The van der Waals surface area contributed by atoms with Gasteiger partial charge in [-0.25, -0.2) is 0 Å². The molecule has 0 amide bonds. The van der Waals surface area contributed by atoms with Gasteiger partial charge in [-0.15, -0.1) is 0 Å². The molecule has 0 saturated carbocycles. The number of nitrogens with one attached hydrogen (secondary N) is 1. The highest BCUT2D eigenvalue weighted by Crippen LogP contribution is 2.25. The standard InChI is InChI=1S/C21H23NO2/c1-16(23)6-5-9-18-15-22-21-11-10-19(14-20(18)21)24-13-12-17-7-3-2-4-8-17/h2-4,7-8,10-11,14-15,22H,5-6,9,12-13H2,1H3. The number of rotatable bonds is 8. The van der Waals surface area contributed by atoms with Gasteiger partial charge < -0.3 is 14.5 Å². The Morgan fingerprint density at radius 1 is 1.08 bits per heavy atom. The Morgan fingerprint density at radius 3 is 2.71 bits per heavy atom. The van der Waals surface area contributed by atoms with Crippen molar-refractivity contribution in [3.63, 3.8) is 0 Å². The number of H-pyrrole nitrogens is 1. The Labute approximate surface area is 142 Å². The van der Waals surface area contributed by atoms with Crippen molar-refractivity contribution in [2.24, 2.45) is 0 Å². The maximum Gasteiger partial charge on any atom is 0.129 e. The van der Waals surface area contributed by atoms with E-state index in [2.05, 4.69) is 41.4 Å². The van der Waals surface area contributed by atoms with Crippen LogP contribution in [0.1, 0.15) is 30.9 Å². The molecule has 0 saturated heterocycles. The Kier molecular flexibility index (Phi) is 5.32. The van der Waals surface area contributed by atoms with Gasteiger partial charge in [0.25, 0.3) is 0 Å². The van der Waals surface area contributed by atoms with E-state index in [0.29, 0.717) is 13.0 Å². The lowest BCUT2D eigenvalue weighted by molar-refractivity contribution is -0.117. The van der Waals surface area contributed by atoms with E-state index in [9.17, 15) is 4.79 Å². The van der Waals surface area contributed by atoms with Crippen molar-refractivity contribution >= 4 is 16.7 Å². The maximum atomic E-state index is 11.1. The van der Waals surface area contributed by atoms with Crippen molar-refractivity contribution in [3.8, 4) is 5.75 Å². The summed E-state index contributed by atoms with van der Waals surface area (Å²) < 4.78 is 5.92. The molecule has 0 aliphatic carbocycles. The number of carbonyl (C=O) groups excluding carboxylic acids is 1. The molecule has 0 atom stereocenters. The Morgan fingerprint density at radius 2 is 1.92 bits per heavy atom. The second-order valence-electron chi connectivity index (χ2n) is 6.16. The predicted octanol–water partition coefficient (Wildman–Crippen LogP) is 4.70. The third-order valence-electron chi connectivity index (χ3n) is 4.22. The van der Waals surface area contributed by atoms with Crippen LogP contribution >= 0.6 is 0 Å². The minimum Gasteiger partial charge on any atom is -0.493 e. The minimum absolute atomic E-state index is 0.250. The Hall–Kier alpha value is -2.55. The fraction of sp³-hybridized carbons (Fsp3) is 0.286. The Bertz CT molecular complexity index is 805. The molecule has 24 heavy (non-hydrogen) atoms. The first-order valence-electron chi connectivity index (χ1n) is 8.48. The highest BCUT2D eigenvalue weighted by atomic mass is 16.5. The number of ketones is 1. The van der Waals surface area contributed by atoms with Crippen LogP contribution < -0.4 is 4.74 Å². The largest absolute Gasteiger partial charge is 0.493 e. The molecule has 3 rings (SSSR count). The lowest BCUT2D eigenvalue weighted by Gasteiger charge is -2.07. The number of carbonyl (C=O) groups is 1. The first-order valence-corrected chi connectivity index (χ1v) is 8.48. The van der Waals surface area contributed by atoms with E-state index in [1.807, 2.05) is 18.3 Å². The van der Waals surface area contributed by atoms with Crippen LogP contribution in [-0.2, 0) is 17.6 Å². The van der Waals surface area contributed by atoms with Crippen molar-refractivity contribution in [3.05, 3.63) is 65.9 Å². The van der Waals surface area contributed by atoms with Crippen LogP contribution in [0.3, 0.4) is 0 Å². The molecular weight excluding hydrogens is 298 g/mol. The second-order valence-corrected chi connectivity index (χ2v) is 6.16. The normalized spacial score (nSPS) is 10.9. The van der Waals surface area contributed by atoms with Crippen LogP contribution in [0.5, 0.6) is 5.75 Å². The summed E-state index contributed by atoms with van der Waals surface area (Å²) in [7, 11) is 0. The third-order valence-corrected chi connectivity index (χ3v) is 4.22. The van der Waals surface area contributed by atoms with Gasteiger partial charge in [0.1, 0.15) is 11.5 Å². The summed E-state index contributed by atoms with van der Waals surface area (Å²) in [5, 5.41) is 1.19. The van der Waals surface area contributed by atoms with Crippen molar-refractivity contribution in [2.45, 2.75) is 32.6 Å². The molecule has 0 radical (unpaired) electrons. The lowest BCUT2D eigenvalue weighted by Crippen LogP contribution is -2.01. The van der Waals surface area contributed by atoms with E-state index < -0.39 is 0 Å². The van der Waals surface area contributed by atoms with E-state index in [4.69, 9.17) is 4.74 Å². The number of fused-ring (bicyclic) bond motifs is 1. The number of hydrogen-bond acceptors (Lipinski definition) is 2. The second kappa shape index (κ2) is 7.82. The van der Waals surface area contributed by atoms with E-state index >= 15 is 0 Å². The van der Waals surface area contributed by atoms with Gasteiger partial charge in [-0.3, -0.25) is 0 Å². The molecule has 0 bridgehead atoms. The van der Waals surface area contributed by atoms with Gasteiger partial charge in [-0.1, -0.05) is 30.3 Å².